The van der Waals surface area contributed by atoms with E-state index < -0.39 is 0 Å². The van der Waals surface area contributed by atoms with Crippen LogP contribution in [0, 0.1) is 18.8 Å². The molecule has 3 nitrogen and oxygen atoms in total. The van der Waals surface area contributed by atoms with E-state index in [0.29, 0.717) is 5.92 Å². The van der Waals surface area contributed by atoms with Gasteiger partial charge in [-0.05, 0) is 5.92 Å². The molecule has 0 bridgehead atoms. The van der Waals surface area contributed by atoms with Crippen LogP contribution in [0.1, 0.15) is 6.92 Å². The van der Waals surface area contributed by atoms with Crippen molar-refractivity contribution >= 4 is 6.03 Å². The van der Waals surface area contributed by atoms with Crippen LogP contribution in [0.4, 0.5) is 4.79 Å². The number of terminal acetylenes is 1. The number of amides is 2. The van der Waals surface area contributed by atoms with Crippen molar-refractivity contribution in [3.63, 3.8) is 0 Å². The third-order valence-corrected chi connectivity index (χ3v) is 1.22. The predicted octanol–water partition coefficient (Wildman–Crippen LogP) is 0.185. The van der Waals surface area contributed by atoms with Gasteiger partial charge < -0.3 is 10.6 Å². The highest BCUT2D eigenvalue weighted by Crippen LogP contribution is 1.92. The molecule has 0 aliphatic carbocycles. The van der Waals surface area contributed by atoms with Crippen LogP contribution in [0.5, 0.6) is 0 Å². The SMILES string of the molecule is C#C.CC1CNC(=O)NC1. The highest BCUT2D eigenvalue weighted by Gasteiger charge is 2.10. The van der Waals surface area contributed by atoms with Gasteiger partial charge in [-0.25, -0.2) is 4.79 Å². The third kappa shape index (κ3) is 2.98. The maximum absolute atomic E-state index is 10.4. The molecule has 1 heterocycles. The van der Waals surface area contributed by atoms with Gasteiger partial charge in [0.25, 0.3) is 0 Å². The van der Waals surface area contributed by atoms with Crippen LogP contribution in [-0.2, 0) is 0 Å². The summed E-state index contributed by atoms with van der Waals surface area (Å²) in [4.78, 5) is 10.4. The molecule has 10 heavy (non-hydrogen) atoms. The second-order valence-electron chi connectivity index (χ2n) is 2.20. The van der Waals surface area contributed by atoms with Crippen LogP contribution in [-0.4, -0.2) is 19.1 Å². The molecule has 0 aromatic carbocycles. The van der Waals surface area contributed by atoms with E-state index in [9.17, 15) is 4.79 Å². The van der Waals surface area contributed by atoms with Crippen LogP contribution in [0.25, 0.3) is 0 Å². The minimum atomic E-state index is -0.0388. The maximum atomic E-state index is 10.4. The quantitative estimate of drug-likeness (QED) is 0.463. The fourth-order valence-corrected chi connectivity index (χ4v) is 0.669. The predicted molar refractivity (Wildman–Crippen MR) is 40.5 cm³/mol. The fourth-order valence-electron chi connectivity index (χ4n) is 0.669. The highest BCUT2D eigenvalue weighted by atomic mass is 16.2. The van der Waals surface area contributed by atoms with Crippen LogP contribution in [0.3, 0.4) is 0 Å². The van der Waals surface area contributed by atoms with Crippen molar-refractivity contribution < 1.29 is 4.79 Å². The fraction of sp³-hybridized carbons (Fsp3) is 0.571. The Kier molecular flexibility index (Phi) is 4.14. The first-order valence-corrected chi connectivity index (χ1v) is 3.14. The van der Waals surface area contributed by atoms with Crippen molar-refractivity contribution in [2.45, 2.75) is 6.92 Å². The summed E-state index contributed by atoms with van der Waals surface area (Å²) in [6.45, 7) is 3.71. The van der Waals surface area contributed by atoms with E-state index >= 15 is 0 Å². The molecular weight excluding hydrogens is 128 g/mol. The second kappa shape index (κ2) is 4.68. The highest BCUT2D eigenvalue weighted by molar-refractivity contribution is 5.74. The molecule has 2 amide bonds. The van der Waals surface area contributed by atoms with Gasteiger partial charge in [0.2, 0.25) is 0 Å². The smallest absolute Gasteiger partial charge is 0.314 e. The molecule has 1 rings (SSSR count). The number of urea groups is 1. The average molecular weight is 140 g/mol. The van der Waals surface area contributed by atoms with Crippen molar-refractivity contribution in [3.05, 3.63) is 0 Å². The van der Waals surface area contributed by atoms with Crippen LogP contribution < -0.4 is 10.6 Å². The Balaban J connectivity index is 0.000000371. The van der Waals surface area contributed by atoms with Crippen molar-refractivity contribution in [1.82, 2.24) is 10.6 Å². The Bertz CT molecular complexity index is 121. The van der Waals surface area contributed by atoms with Crippen molar-refractivity contribution in [3.8, 4) is 12.8 Å². The number of rotatable bonds is 0. The largest absolute Gasteiger partial charge is 0.338 e. The van der Waals surface area contributed by atoms with Gasteiger partial charge in [0, 0.05) is 13.1 Å². The molecular formula is C7H12N2O. The normalized spacial score (nSPS) is 17.7. The Morgan fingerprint density at radius 1 is 1.40 bits per heavy atom. The second-order valence-corrected chi connectivity index (χ2v) is 2.20. The Morgan fingerprint density at radius 3 is 2.10 bits per heavy atom. The number of hydrogen-bond acceptors (Lipinski definition) is 1. The lowest BCUT2D eigenvalue weighted by Crippen LogP contribution is -2.47. The summed E-state index contributed by atoms with van der Waals surface area (Å²) in [6.07, 6.45) is 8.00. The molecule has 1 saturated heterocycles. The molecule has 56 valence electrons. The first-order chi connectivity index (χ1) is 4.79. The van der Waals surface area contributed by atoms with E-state index in [0.717, 1.165) is 13.1 Å². The van der Waals surface area contributed by atoms with Crippen molar-refractivity contribution in [2.24, 2.45) is 5.92 Å². The monoisotopic (exact) mass is 140 g/mol. The van der Waals surface area contributed by atoms with E-state index in [1.165, 1.54) is 0 Å². The molecule has 0 aromatic rings. The lowest BCUT2D eigenvalue weighted by atomic mass is 10.1. The summed E-state index contributed by atoms with van der Waals surface area (Å²) in [5, 5.41) is 5.36. The third-order valence-electron chi connectivity index (χ3n) is 1.22. The van der Waals surface area contributed by atoms with Gasteiger partial charge in [0.05, 0.1) is 0 Å². The van der Waals surface area contributed by atoms with E-state index in [-0.39, 0.29) is 6.03 Å². The molecule has 3 heteroatoms. The van der Waals surface area contributed by atoms with Gasteiger partial charge in [-0.15, -0.1) is 12.8 Å². The van der Waals surface area contributed by atoms with Crippen molar-refractivity contribution in [1.29, 1.82) is 0 Å². The zero-order valence-corrected chi connectivity index (χ0v) is 6.05. The van der Waals surface area contributed by atoms with E-state index in [2.05, 4.69) is 30.4 Å². The minimum absolute atomic E-state index is 0.0388. The Hall–Kier alpha value is -1.17. The number of hydrogen-bond donors (Lipinski definition) is 2. The lowest BCUT2D eigenvalue weighted by molar-refractivity contribution is 0.230. The molecule has 2 N–H and O–H groups in total. The molecule has 0 atom stereocenters. The van der Waals surface area contributed by atoms with Gasteiger partial charge in [0.1, 0.15) is 0 Å². The summed E-state index contributed by atoms with van der Waals surface area (Å²) < 4.78 is 0. The van der Waals surface area contributed by atoms with E-state index in [1.807, 2.05) is 0 Å². The molecule has 1 fully saturated rings. The Labute approximate surface area is 61.2 Å². The van der Waals surface area contributed by atoms with Crippen LogP contribution >= 0.6 is 0 Å². The molecule has 0 spiro atoms. The molecule has 0 aromatic heterocycles. The summed E-state index contributed by atoms with van der Waals surface area (Å²) in [6, 6.07) is -0.0388. The van der Waals surface area contributed by atoms with Crippen LogP contribution in [0.2, 0.25) is 0 Å². The van der Waals surface area contributed by atoms with Gasteiger partial charge in [-0.1, -0.05) is 6.92 Å². The number of nitrogens with one attached hydrogen (secondary N) is 2. The first kappa shape index (κ1) is 8.83. The first-order valence-electron chi connectivity index (χ1n) is 3.14. The standard InChI is InChI=1S/C5H10N2O.C2H2/c1-4-2-6-5(8)7-3-4;1-2/h4H,2-3H2,1H3,(H2,6,7,8);1-2H. The van der Waals surface area contributed by atoms with E-state index in [1.54, 1.807) is 0 Å². The minimum Gasteiger partial charge on any atom is -0.338 e. The lowest BCUT2D eigenvalue weighted by Gasteiger charge is -2.19. The molecule has 0 radical (unpaired) electrons. The average Bonchev–Trinajstić information content (AvgIpc) is 2.00. The molecule has 0 saturated carbocycles. The van der Waals surface area contributed by atoms with Crippen LogP contribution in [0.15, 0.2) is 0 Å². The Morgan fingerprint density at radius 2 is 1.80 bits per heavy atom. The zero-order valence-electron chi connectivity index (χ0n) is 6.05. The van der Waals surface area contributed by atoms with Gasteiger partial charge in [-0.2, -0.15) is 0 Å². The summed E-state index contributed by atoms with van der Waals surface area (Å²) >= 11 is 0. The van der Waals surface area contributed by atoms with E-state index in [4.69, 9.17) is 0 Å². The topological polar surface area (TPSA) is 41.1 Å². The summed E-state index contributed by atoms with van der Waals surface area (Å²) in [7, 11) is 0. The van der Waals surface area contributed by atoms with Crippen molar-refractivity contribution in [2.75, 3.05) is 13.1 Å². The molecule has 1 aliphatic heterocycles. The summed E-state index contributed by atoms with van der Waals surface area (Å²) in [5.74, 6) is 0.577. The van der Waals surface area contributed by atoms with Gasteiger partial charge >= 0.3 is 6.03 Å². The summed E-state index contributed by atoms with van der Waals surface area (Å²) in [5.41, 5.74) is 0. The van der Waals surface area contributed by atoms with Gasteiger partial charge in [0.15, 0.2) is 0 Å². The molecule has 0 unspecified atom stereocenters. The number of carbonyl (C=O) groups is 1. The zero-order chi connectivity index (χ0) is 7.98. The molecule has 1 aliphatic rings. The maximum Gasteiger partial charge on any atom is 0.314 e. The number of carbonyl (C=O) groups excluding carboxylic acids is 1. The van der Waals surface area contributed by atoms with Gasteiger partial charge in [-0.3, -0.25) is 0 Å².